The second-order valence-electron chi connectivity index (χ2n) is 11.0. The summed E-state index contributed by atoms with van der Waals surface area (Å²) in [6.07, 6.45) is 12.0. The molecular weight excluding hydrogens is 510 g/mol. The van der Waals surface area contributed by atoms with Gasteiger partial charge in [0.25, 0.3) is 0 Å². The van der Waals surface area contributed by atoms with E-state index in [1.807, 2.05) is 37.5 Å². The van der Waals surface area contributed by atoms with Crippen molar-refractivity contribution in [3.8, 4) is 6.07 Å². The first-order valence-corrected chi connectivity index (χ1v) is 14.5. The van der Waals surface area contributed by atoms with Crippen LogP contribution in [0.2, 0.25) is 0 Å². The summed E-state index contributed by atoms with van der Waals surface area (Å²) in [5, 5.41) is 14.6. The van der Waals surface area contributed by atoms with E-state index in [0.29, 0.717) is 11.6 Å². The Morgan fingerprint density at radius 3 is 2.61 bits per heavy atom. The number of piperidine rings is 1. The molecule has 6 rings (SSSR count). The third-order valence-electron chi connectivity index (χ3n) is 8.49. The molecule has 0 unspecified atom stereocenters. The summed E-state index contributed by atoms with van der Waals surface area (Å²) in [6.45, 7) is 11.1. The molecule has 2 aliphatic heterocycles. The summed E-state index contributed by atoms with van der Waals surface area (Å²) in [4.78, 5) is 17.6. The van der Waals surface area contributed by atoms with Gasteiger partial charge in [0.05, 0.1) is 30.2 Å². The number of nitrogens with one attached hydrogen (secondary N) is 2. The average molecular weight is 548 g/mol. The molecule has 2 N–H and O–H groups in total. The van der Waals surface area contributed by atoms with Crippen molar-refractivity contribution in [2.24, 2.45) is 0 Å². The van der Waals surface area contributed by atoms with Crippen molar-refractivity contribution in [2.45, 2.75) is 39.3 Å². The lowest BCUT2D eigenvalue weighted by molar-refractivity contribution is 0.000223. The lowest BCUT2D eigenvalue weighted by Crippen LogP contribution is -2.48. The molecular formula is C33H37N7O. The van der Waals surface area contributed by atoms with Crippen molar-refractivity contribution in [2.75, 3.05) is 44.7 Å². The van der Waals surface area contributed by atoms with Crippen molar-refractivity contribution >= 4 is 34.4 Å². The Labute approximate surface area is 241 Å². The number of rotatable bonds is 7. The molecule has 0 spiro atoms. The number of likely N-dealkylation sites (tertiary alicyclic amines) is 1. The van der Waals surface area contributed by atoms with Crippen molar-refractivity contribution < 1.29 is 4.74 Å². The number of benzene rings is 1. The number of aromatic nitrogens is 3. The second kappa shape index (κ2) is 12.2. The minimum absolute atomic E-state index is 0.504. The molecule has 0 atom stereocenters. The maximum absolute atomic E-state index is 9.87. The smallest absolute Gasteiger partial charge is 0.103 e. The van der Waals surface area contributed by atoms with Gasteiger partial charge < -0.3 is 15.0 Å². The van der Waals surface area contributed by atoms with Crippen molar-refractivity contribution in [3.63, 3.8) is 0 Å². The zero-order valence-corrected chi connectivity index (χ0v) is 23.9. The normalized spacial score (nSPS) is 17.3. The summed E-state index contributed by atoms with van der Waals surface area (Å²) >= 11 is 0. The number of nitriles is 1. The molecule has 2 fully saturated rings. The van der Waals surface area contributed by atoms with Gasteiger partial charge in [0.1, 0.15) is 6.07 Å². The first kappa shape index (κ1) is 27.2. The topological polar surface area (TPSA) is 93.1 Å². The van der Waals surface area contributed by atoms with Gasteiger partial charge in [-0.25, -0.2) is 0 Å². The molecule has 2 saturated heterocycles. The van der Waals surface area contributed by atoms with Crippen LogP contribution < -0.4 is 5.32 Å². The van der Waals surface area contributed by atoms with Gasteiger partial charge in [-0.3, -0.25) is 19.8 Å². The highest BCUT2D eigenvalue weighted by Gasteiger charge is 2.25. The molecule has 0 saturated carbocycles. The van der Waals surface area contributed by atoms with E-state index < -0.39 is 0 Å². The zero-order valence-electron chi connectivity index (χ0n) is 23.9. The maximum atomic E-state index is 9.87. The van der Waals surface area contributed by atoms with E-state index in [0.717, 1.165) is 90.7 Å². The van der Waals surface area contributed by atoms with Gasteiger partial charge in [0, 0.05) is 72.1 Å². The minimum atomic E-state index is 0.504. The number of H-pyrrole nitrogens is 1. The summed E-state index contributed by atoms with van der Waals surface area (Å²) in [6, 6.07) is 13.4. The largest absolute Gasteiger partial charge is 0.379 e. The number of anilines is 2. The standard InChI is InChI=1S/C33H37N7O/c1-23-29-9-12-35-32(29)8-7-31(23)38-33-26(19-34)21-36-24(2)30(33)6-5-27-4-3-25(20-37-27)22-39-13-10-28(11-14-39)40-15-17-41-18-16-40/h3-9,12,20-21,28,35H,10-11,13-18,22H2,1-2H3,(H,36,38). The van der Waals surface area contributed by atoms with E-state index in [9.17, 15) is 5.26 Å². The molecule has 8 heteroatoms. The van der Waals surface area contributed by atoms with Gasteiger partial charge in [0.2, 0.25) is 0 Å². The van der Waals surface area contributed by atoms with Crippen molar-refractivity contribution in [1.29, 1.82) is 5.26 Å². The number of fused-ring (bicyclic) bond motifs is 1. The van der Waals surface area contributed by atoms with Gasteiger partial charge in [-0.1, -0.05) is 6.07 Å². The van der Waals surface area contributed by atoms with E-state index in [2.05, 4.69) is 62.3 Å². The Hall–Kier alpha value is -4.03. The Morgan fingerprint density at radius 1 is 1.02 bits per heavy atom. The summed E-state index contributed by atoms with van der Waals surface area (Å²) in [7, 11) is 0. The molecule has 41 heavy (non-hydrogen) atoms. The van der Waals surface area contributed by atoms with Crippen LogP contribution in [0, 0.1) is 25.2 Å². The fraction of sp³-hybridized carbons (Fsp3) is 0.364. The molecule has 210 valence electrons. The lowest BCUT2D eigenvalue weighted by atomic mass is 10.0. The molecule has 1 aromatic carbocycles. The zero-order chi connectivity index (χ0) is 28.2. The number of aryl methyl sites for hydroxylation is 2. The number of hydrogen-bond donors (Lipinski definition) is 2. The van der Waals surface area contributed by atoms with Gasteiger partial charge in [-0.15, -0.1) is 0 Å². The highest BCUT2D eigenvalue weighted by Crippen LogP contribution is 2.32. The number of pyridine rings is 2. The predicted molar refractivity (Wildman–Crippen MR) is 164 cm³/mol. The fourth-order valence-corrected chi connectivity index (χ4v) is 6.04. The molecule has 8 nitrogen and oxygen atoms in total. The second-order valence-corrected chi connectivity index (χ2v) is 11.0. The first-order valence-electron chi connectivity index (χ1n) is 14.5. The number of aromatic amines is 1. The Balaban J connectivity index is 1.14. The predicted octanol–water partition coefficient (Wildman–Crippen LogP) is 5.66. The molecule has 0 bridgehead atoms. The van der Waals surface area contributed by atoms with Gasteiger partial charge >= 0.3 is 0 Å². The van der Waals surface area contributed by atoms with Crippen LogP contribution in [-0.4, -0.2) is 70.2 Å². The molecule has 5 heterocycles. The Kier molecular flexibility index (Phi) is 8.10. The SMILES string of the molecule is Cc1ncc(C#N)c(Nc2ccc3[nH]ccc3c2C)c1C=Cc1ccc(CN2CCC(N3CCOCC3)CC2)cn1. The number of nitrogens with zero attached hydrogens (tertiary/aromatic N) is 5. The fourth-order valence-electron chi connectivity index (χ4n) is 6.04. The number of morpholine rings is 1. The summed E-state index contributed by atoms with van der Waals surface area (Å²) in [5.74, 6) is 0. The van der Waals surface area contributed by atoms with Gasteiger partial charge in [-0.2, -0.15) is 5.26 Å². The average Bonchev–Trinajstić information content (AvgIpc) is 3.50. The monoisotopic (exact) mass is 547 g/mol. The quantitative estimate of drug-likeness (QED) is 0.309. The molecule has 3 aromatic heterocycles. The summed E-state index contributed by atoms with van der Waals surface area (Å²) in [5.41, 5.74) is 8.27. The maximum Gasteiger partial charge on any atom is 0.103 e. The highest BCUT2D eigenvalue weighted by molar-refractivity contribution is 5.90. The first-order chi connectivity index (χ1) is 20.1. The van der Waals surface area contributed by atoms with Crippen LogP contribution in [0.1, 0.15) is 46.5 Å². The van der Waals surface area contributed by atoms with Gasteiger partial charge in [0.15, 0.2) is 0 Å². The molecule has 0 amide bonds. The summed E-state index contributed by atoms with van der Waals surface area (Å²) < 4.78 is 5.52. The van der Waals surface area contributed by atoms with Gasteiger partial charge in [-0.05, 0) is 87.3 Å². The van der Waals surface area contributed by atoms with Crippen LogP contribution in [0.5, 0.6) is 0 Å². The van der Waals surface area contributed by atoms with Crippen molar-refractivity contribution in [3.05, 3.63) is 82.6 Å². The van der Waals surface area contributed by atoms with Crippen LogP contribution in [0.3, 0.4) is 0 Å². The molecule has 2 aliphatic rings. The minimum Gasteiger partial charge on any atom is -0.379 e. The molecule has 0 radical (unpaired) electrons. The van der Waals surface area contributed by atoms with E-state index in [-0.39, 0.29) is 0 Å². The lowest BCUT2D eigenvalue weighted by Gasteiger charge is -2.40. The molecule has 0 aliphatic carbocycles. The van der Waals surface area contributed by atoms with Crippen LogP contribution in [0.15, 0.2) is 48.9 Å². The Morgan fingerprint density at radius 2 is 1.85 bits per heavy atom. The third-order valence-corrected chi connectivity index (χ3v) is 8.49. The highest BCUT2D eigenvalue weighted by atomic mass is 16.5. The van der Waals surface area contributed by atoms with E-state index >= 15 is 0 Å². The molecule has 4 aromatic rings. The number of hydrogen-bond acceptors (Lipinski definition) is 7. The Bertz CT molecular complexity index is 1570. The number of ether oxygens (including phenoxy) is 1. The van der Waals surface area contributed by atoms with E-state index in [4.69, 9.17) is 9.72 Å². The van der Waals surface area contributed by atoms with Crippen LogP contribution in [0.25, 0.3) is 23.1 Å². The van der Waals surface area contributed by atoms with Crippen molar-refractivity contribution in [1.82, 2.24) is 24.8 Å². The third kappa shape index (κ3) is 6.03. The van der Waals surface area contributed by atoms with E-state index in [1.54, 1.807) is 6.20 Å². The van der Waals surface area contributed by atoms with Crippen LogP contribution in [-0.2, 0) is 11.3 Å². The van der Waals surface area contributed by atoms with Crippen LogP contribution in [0.4, 0.5) is 11.4 Å². The van der Waals surface area contributed by atoms with Crippen LogP contribution >= 0.6 is 0 Å². The van der Waals surface area contributed by atoms with E-state index in [1.165, 1.54) is 18.4 Å².